The standard InChI is InChI=1S/C33H51FN6O3/c1-8-40(25(4)5)32(41)27-20-26(34)11-12-30(27)43-31-29(13-15-35-36-31)38-17-14-33(21-38)22-39(23-33)28(24(2)3)10-9-16-37(6)18-19-42-7/h11-13,15,20,24-25,28H,8-10,14,16-19,21-23H2,1-7H3. The predicted molar refractivity (Wildman–Crippen MR) is 168 cm³/mol. The fraction of sp³-hybridized carbons (Fsp3) is 0.667. The number of hydrogen-bond donors (Lipinski definition) is 0. The molecule has 9 nitrogen and oxygen atoms in total. The first-order valence-electron chi connectivity index (χ1n) is 15.8. The van der Waals surface area contributed by atoms with Crippen molar-refractivity contribution in [2.75, 3.05) is 71.5 Å². The summed E-state index contributed by atoms with van der Waals surface area (Å²) in [6.07, 6.45) is 5.16. The van der Waals surface area contributed by atoms with Gasteiger partial charge in [-0.3, -0.25) is 9.69 Å². The second-order valence-corrected chi connectivity index (χ2v) is 13.0. The van der Waals surface area contributed by atoms with Crippen molar-refractivity contribution in [1.29, 1.82) is 0 Å². The summed E-state index contributed by atoms with van der Waals surface area (Å²) in [5, 5.41) is 8.39. The molecule has 0 radical (unpaired) electrons. The quantitative estimate of drug-likeness (QED) is 0.278. The van der Waals surface area contributed by atoms with Crippen molar-refractivity contribution in [2.45, 2.75) is 66.0 Å². The van der Waals surface area contributed by atoms with E-state index in [0.29, 0.717) is 24.4 Å². The van der Waals surface area contributed by atoms with Crippen molar-refractivity contribution >= 4 is 11.6 Å². The molecule has 2 saturated heterocycles. The van der Waals surface area contributed by atoms with E-state index in [2.05, 4.69) is 45.8 Å². The largest absolute Gasteiger partial charge is 0.435 e. The Morgan fingerprint density at radius 1 is 1.14 bits per heavy atom. The number of nitrogens with zero attached hydrogens (tertiary/aromatic N) is 6. The second kappa shape index (κ2) is 14.8. The summed E-state index contributed by atoms with van der Waals surface area (Å²) in [7, 11) is 3.92. The van der Waals surface area contributed by atoms with Gasteiger partial charge in [0.2, 0.25) is 0 Å². The number of likely N-dealkylation sites (tertiary alicyclic amines) is 1. The number of hydrogen-bond acceptors (Lipinski definition) is 8. The molecular weight excluding hydrogens is 547 g/mol. The first-order chi connectivity index (χ1) is 20.6. The highest BCUT2D eigenvalue weighted by atomic mass is 19.1. The van der Waals surface area contributed by atoms with Gasteiger partial charge in [0, 0.05) is 63.9 Å². The van der Waals surface area contributed by atoms with E-state index in [9.17, 15) is 9.18 Å². The fourth-order valence-electron chi connectivity index (χ4n) is 6.70. The zero-order chi connectivity index (χ0) is 31.1. The number of likely N-dealkylation sites (N-methyl/N-ethyl adjacent to an activating group) is 1. The molecule has 2 aliphatic rings. The molecule has 43 heavy (non-hydrogen) atoms. The maximum Gasteiger partial charge on any atom is 0.262 e. The van der Waals surface area contributed by atoms with Gasteiger partial charge in [0.15, 0.2) is 0 Å². The molecule has 1 spiro atoms. The van der Waals surface area contributed by atoms with Gasteiger partial charge in [-0.15, -0.1) is 5.10 Å². The minimum absolute atomic E-state index is 0.0268. The Morgan fingerprint density at radius 2 is 1.91 bits per heavy atom. The van der Waals surface area contributed by atoms with Gasteiger partial charge < -0.3 is 24.2 Å². The van der Waals surface area contributed by atoms with Gasteiger partial charge in [-0.25, -0.2) is 4.39 Å². The smallest absolute Gasteiger partial charge is 0.262 e. The van der Waals surface area contributed by atoms with Gasteiger partial charge in [0.1, 0.15) is 17.3 Å². The lowest BCUT2D eigenvalue weighted by Gasteiger charge is -2.53. The minimum Gasteiger partial charge on any atom is -0.435 e. The maximum atomic E-state index is 14.3. The third-order valence-electron chi connectivity index (χ3n) is 9.08. The highest BCUT2D eigenvalue weighted by molar-refractivity contribution is 5.97. The molecule has 1 atom stereocenters. The van der Waals surface area contributed by atoms with E-state index in [-0.39, 0.29) is 28.7 Å². The Labute approximate surface area is 257 Å². The van der Waals surface area contributed by atoms with Gasteiger partial charge in [0.25, 0.3) is 11.8 Å². The number of ether oxygens (including phenoxy) is 2. The Morgan fingerprint density at radius 3 is 2.58 bits per heavy atom. The number of benzene rings is 1. The van der Waals surface area contributed by atoms with E-state index >= 15 is 0 Å². The van der Waals surface area contributed by atoms with Crippen LogP contribution < -0.4 is 9.64 Å². The van der Waals surface area contributed by atoms with Crippen LogP contribution in [0.1, 0.15) is 64.2 Å². The molecule has 1 unspecified atom stereocenters. The third-order valence-corrected chi connectivity index (χ3v) is 9.08. The van der Waals surface area contributed by atoms with E-state index < -0.39 is 5.82 Å². The molecule has 1 aromatic heterocycles. The van der Waals surface area contributed by atoms with Crippen LogP contribution in [-0.4, -0.2) is 109 Å². The highest BCUT2D eigenvalue weighted by Crippen LogP contribution is 2.45. The lowest BCUT2D eigenvalue weighted by atomic mass is 9.76. The van der Waals surface area contributed by atoms with Gasteiger partial charge in [-0.05, 0) is 83.8 Å². The number of carbonyl (C=O) groups is 1. The molecule has 1 aromatic carbocycles. The summed E-state index contributed by atoms with van der Waals surface area (Å²) >= 11 is 0. The zero-order valence-corrected chi connectivity index (χ0v) is 27.2. The molecule has 2 aliphatic heterocycles. The summed E-state index contributed by atoms with van der Waals surface area (Å²) < 4.78 is 25.8. The minimum atomic E-state index is -0.483. The average Bonchev–Trinajstić information content (AvgIpc) is 3.40. The van der Waals surface area contributed by atoms with Gasteiger partial charge in [-0.1, -0.05) is 13.8 Å². The van der Waals surface area contributed by atoms with Crippen molar-refractivity contribution in [3.63, 3.8) is 0 Å². The molecule has 0 bridgehead atoms. The van der Waals surface area contributed by atoms with Gasteiger partial charge in [-0.2, -0.15) is 5.10 Å². The van der Waals surface area contributed by atoms with Crippen LogP contribution in [-0.2, 0) is 4.74 Å². The van der Waals surface area contributed by atoms with E-state index in [0.717, 1.165) is 58.0 Å². The van der Waals surface area contributed by atoms with Crippen LogP contribution in [0, 0.1) is 17.2 Å². The first kappa shape index (κ1) is 33.1. The molecule has 238 valence electrons. The van der Waals surface area contributed by atoms with Crippen LogP contribution >= 0.6 is 0 Å². The van der Waals surface area contributed by atoms with Crippen LogP contribution in [0.5, 0.6) is 11.6 Å². The van der Waals surface area contributed by atoms with Crippen molar-refractivity contribution in [2.24, 2.45) is 11.3 Å². The topological polar surface area (TPSA) is 74.3 Å². The van der Waals surface area contributed by atoms with Crippen LogP contribution in [0.15, 0.2) is 30.5 Å². The van der Waals surface area contributed by atoms with Crippen LogP contribution in [0.3, 0.4) is 0 Å². The van der Waals surface area contributed by atoms with E-state index in [1.54, 1.807) is 18.2 Å². The van der Waals surface area contributed by atoms with E-state index in [1.807, 2.05) is 26.8 Å². The number of rotatable bonds is 15. The number of methoxy groups -OCH3 is 1. The summed E-state index contributed by atoms with van der Waals surface area (Å²) in [5.41, 5.74) is 1.28. The van der Waals surface area contributed by atoms with Gasteiger partial charge >= 0.3 is 0 Å². The van der Waals surface area contributed by atoms with Crippen LogP contribution in [0.25, 0.3) is 0 Å². The van der Waals surface area contributed by atoms with Crippen molar-refractivity contribution < 1.29 is 18.7 Å². The maximum absolute atomic E-state index is 14.3. The summed E-state index contributed by atoms with van der Waals surface area (Å²) in [6.45, 7) is 17.8. The number of anilines is 1. The second-order valence-electron chi connectivity index (χ2n) is 13.0. The van der Waals surface area contributed by atoms with Crippen LogP contribution in [0.4, 0.5) is 10.1 Å². The number of carbonyl (C=O) groups excluding carboxylic acids is 1. The Bertz CT molecular complexity index is 1200. The SMILES string of the molecule is CCN(C(=O)c1cc(F)ccc1Oc1nnccc1N1CCC2(C1)CN(C(CCCN(C)CCOC)C(C)C)C2)C(C)C. The normalized spacial score (nSPS) is 17.2. The predicted octanol–water partition coefficient (Wildman–Crippen LogP) is 5.17. The van der Waals surface area contributed by atoms with E-state index in [1.165, 1.54) is 31.0 Å². The van der Waals surface area contributed by atoms with Crippen molar-refractivity contribution in [1.82, 2.24) is 24.9 Å². The average molecular weight is 599 g/mol. The third kappa shape index (κ3) is 8.02. The number of halogens is 1. The highest BCUT2D eigenvalue weighted by Gasteiger charge is 2.50. The molecule has 2 aromatic rings. The number of amides is 1. The summed E-state index contributed by atoms with van der Waals surface area (Å²) in [6, 6.07) is 6.54. The molecule has 3 heterocycles. The molecule has 10 heteroatoms. The van der Waals surface area contributed by atoms with Crippen molar-refractivity contribution in [3.05, 3.63) is 41.8 Å². The van der Waals surface area contributed by atoms with Gasteiger partial charge in [0.05, 0.1) is 18.4 Å². The molecule has 2 fully saturated rings. The summed E-state index contributed by atoms with van der Waals surface area (Å²) in [5.74, 6) is 0.470. The Balaban J connectivity index is 1.42. The molecule has 0 N–H and O–H groups in total. The lowest BCUT2D eigenvalue weighted by Crippen LogP contribution is -2.62. The van der Waals surface area contributed by atoms with Crippen LogP contribution in [0.2, 0.25) is 0 Å². The number of aromatic nitrogens is 2. The summed E-state index contributed by atoms with van der Waals surface area (Å²) in [4.78, 5) is 22.4. The molecular formula is C33H51FN6O3. The Kier molecular flexibility index (Phi) is 11.4. The molecule has 1 amide bonds. The zero-order valence-electron chi connectivity index (χ0n) is 27.2. The monoisotopic (exact) mass is 598 g/mol. The first-order valence-corrected chi connectivity index (χ1v) is 15.8. The molecule has 0 aliphatic carbocycles. The molecule has 4 rings (SSSR count). The fourth-order valence-corrected chi connectivity index (χ4v) is 6.70. The van der Waals surface area contributed by atoms with E-state index in [4.69, 9.17) is 9.47 Å². The Hall–Kier alpha value is -2.82. The molecule has 0 saturated carbocycles. The van der Waals surface area contributed by atoms with Crippen molar-refractivity contribution in [3.8, 4) is 11.6 Å². The lowest BCUT2D eigenvalue weighted by molar-refractivity contribution is -0.0344.